The molecular weight excluding hydrogens is 765 g/mol. The average Bonchev–Trinajstić information content (AvgIpc) is 4.02. The molecule has 2 saturated heterocycles. The molecule has 13 heteroatoms. The van der Waals surface area contributed by atoms with Gasteiger partial charge >= 0.3 is 0 Å². The van der Waals surface area contributed by atoms with Crippen LogP contribution in [0.2, 0.25) is 0 Å². The molecule has 6 atom stereocenters. The Hall–Kier alpha value is -4.78. The molecular formula is C47H63F2N7O4. The normalized spacial score (nSPS) is 19.8. The smallest absolute Gasteiger partial charge is 0.245 e. The van der Waals surface area contributed by atoms with E-state index in [4.69, 9.17) is 0 Å². The van der Waals surface area contributed by atoms with Gasteiger partial charge in [0.05, 0.1) is 28.5 Å². The summed E-state index contributed by atoms with van der Waals surface area (Å²) >= 11 is 0. The fraction of sp³-hybridized carbons (Fsp3) is 0.574. The molecule has 5 heterocycles. The molecule has 60 heavy (non-hydrogen) atoms. The van der Waals surface area contributed by atoms with Crippen molar-refractivity contribution in [2.45, 2.75) is 137 Å². The summed E-state index contributed by atoms with van der Waals surface area (Å²) in [5.41, 5.74) is 5.41. The van der Waals surface area contributed by atoms with Gasteiger partial charge in [0.1, 0.15) is 23.7 Å². The quantitative estimate of drug-likeness (QED) is 0.133. The maximum Gasteiger partial charge on any atom is 0.245 e. The Bertz CT molecular complexity index is 2120. The summed E-state index contributed by atoms with van der Waals surface area (Å²) in [7, 11) is 1.71. The first-order valence-corrected chi connectivity index (χ1v) is 22.2. The molecule has 2 aromatic carbocycles. The van der Waals surface area contributed by atoms with Gasteiger partial charge in [0, 0.05) is 55.0 Å². The van der Waals surface area contributed by atoms with Gasteiger partial charge in [-0.3, -0.25) is 19.2 Å². The minimum absolute atomic E-state index is 0.0832. The van der Waals surface area contributed by atoms with Gasteiger partial charge in [-0.15, -0.1) is 0 Å². The van der Waals surface area contributed by atoms with Gasteiger partial charge < -0.3 is 34.9 Å². The maximum absolute atomic E-state index is 15.2. The van der Waals surface area contributed by atoms with Crippen LogP contribution >= 0.6 is 0 Å². The average molecular weight is 828 g/mol. The standard InChI is InChI=1S/C47H63F2N7O4/c1-9-28(6)44(57)51-40(26(2)3)46(59)53-18-10-12-32(53)24-36-34-16-14-30(48)22-38(34)55-20-21-56-39-23-31(49)15-17-35(39)37(43(56)42(36)55)25-33-13-11-19-54(33)47(60)41(27(4)5)52-45(58)29(7)50-8/h14-17,22-23,26-29,32-33,40-41,50H,9-13,18-21,24-25H2,1-8H3,(H,51,57)(H,52,58)/t28-,29+,32+,33+,40+,41+/m1/s1. The number of halogens is 2. The summed E-state index contributed by atoms with van der Waals surface area (Å²) in [4.78, 5) is 58.7. The summed E-state index contributed by atoms with van der Waals surface area (Å²) in [5.74, 6) is -1.68. The predicted molar refractivity (Wildman–Crippen MR) is 231 cm³/mol. The molecule has 11 nitrogen and oxygen atoms in total. The van der Waals surface area contributed by atoms with Gasteiger partial charge in [-0.2, -0.15) is 0 Å². The van der Waals surface area contributed by atoms with E-state index >= 15 is 8.78 Å². The summed E-state index contributed by atoms with van der Waals surface area (Å²) in [6.07, 6.45) is 4.90. The number of hydrogen-bond acceptors (Lipinski definition) is 5. The van der Waals surface area contributed by atoms with Crippen molar-refractivity contribution in [3.8, 4) is 11.4 Å². The summed E-state index contributed by atoms with van der Waals surface area (Å²) in [5, 5.41) is 10.8. The van der Waals surface area contributed by atoms with Crippen molar-refractivity contribution >= 4 is 45.4 Å². The monoisotopic (exact) mass is 827 g/mol. The molecule has 3 N–H and O–H groups in total. The highest BCUT2D eigenvalue weighted by Gasteiger charge is 2.40. The van der Waals surface area contributed by atoms with E-state index < -0.39 is 18.1 Å². The summed E-state index contributed by atoms with van der Waals surface area (Å²) in [6.45, 7) is 15.6. The predicted octanol–water partition coefficient (Wildman–Crippen LogP) is 6.56. The minimum Gasteiger partial charge on any atom is -0.344 e. The fourth-order valence-electron chi connectivity index (χ4n) is 9.83. The van der Waals surface area contributed by atoms with Gasteiger partial charge in [0.25, 0.3) is 0 Å². The largest absolute Gasteiger partial charge is 0.344 e. The third kappa shape index (κ3) is 8.06. The highest BCUT2D eigenvalue weighted by atomic mass is 19.1. The Morgan fingerprint density at radius 2 is 1.10 bits per heavy atom. The fourth-order valence-corrected chi connectivity index (χ4v) is 9.83. The summed E-state index contributed by atoms with van der Waals surface area (Å²) in [6, 6.07) is 7.71. The molecule has 0 spiro atoms. The minimum atomic E-state index is -0.692. The third-order valence-electron chi connectivity index (χ3n) is 13.6. The van der Waals surface area contributed by atoms with Crippen LogP contribution in [0, 0.1) is 29.4 Å². The number of aryl methyl sites for hydroxylation is 2. The Balaban J connectivity index is 1.30. The maximum atomic E-state index is 15.2. The van der Waals surface area contributed by atoms with Gasteiger partial charge in [-0.25, -0.2) is 8.78 Å². The lowest BCUT2D eigenvalue weighted by molar-refractivity contribution is -0.139. The summed E-state index contributed by atoms with van der Waals surface area (Å²) < 4.78 is 34.7. The molecule has 4 amide bonds. The van der Waals surface area contributed by atoms with E-state index in [1.54, 1.807) is 26.1 Å². The highest BCUT2D eigenvalue weighted by Crippen LogP contribution is 2.45. The van der Waals surface area contributed by atoms with Crippen LogP contribution in [0.5, 0.6) is 0 Å². The molecule has 0 radical (unpaired) electrons. The van der Waals surface area contributed by atoms with Crippen LogP contribution in [0.1, 0.15) is 91.7 Å². The Kier molecular flexibility index (Phi) is 12.8. The first-order chi connectivity index (χ1) is 28.6. The zero-order valence-corrected chi connectivity index (χ0v) is 36.5. The van der Waals surface area contributed by atoms with Crippen molar-refractivity contribution in [3.63, 3.8) is 0 Å². The lowest BCUT2D eigenvalue weighted by Gasteiger charge is -2.32. The number of nitrogens with zero attached hydrogens (tertiary/aromatic N) is 4. The van der Waals surface area contributed by atoms with Crippen molar-refractivity contribution < 1.29 is 28.0 Å². The van der Waals surface area contributed by atoms with E-state index in [0.29, 0.717) is 45.4 Å². The molecule has 0 saturated carbocycles. The van der Waals surface area contributed by atoms with Crippen molar-refractivity contribution in [1.29, 1.82) is 0 Å². The van der Waals surface area contributed by atoms with Crippen molar-refractivity contribution in [2.75, 3.05) is 20.1 Å². The van der Waals surface area contributed by atoms with Gasteiger partial charge in [-0.05, 0) is 118 Å². The van der Waals surface area contributed by atoms with Crippen LogP contribution in [0.3, 0.4) is 0 Å². The van der Waals surface area contributed by atoms with E-state index in [9.17, 15) is 19.2 Å². The van der Waals surface area contributed by atoms with E-state index in [1.807, 2.05) is 63.5 Å². The highest BCUT2D eigenvalue weighted by molar-refractivity contribution is 5.98. The lowest BCUT2D eigenvalue weighted by atomic mass is 9.94. The van der Waals surface area contributed by atoms with Crippen molar-refractivity contribution in [3.05, 3.63) is 59.2 Å². The zero-order chi connectivity index (χ0) is 43.2. The van der Waals surface area contributed by atoms with E-state index in [2.05, 4.69) is 25.1 Å². The molecule has 2 aromatic heterocycles. The number of fused-ring (bicyclic) bond motifs is 7. The number of carbonyl (C=O) groups excluding carboxylic acids is 4. The number of likely N-dealkylation sites (tertiary alicyclic amines) is 2. The Morgan fingerprint density at radius 3 is 1.50 bits per heavy atom. The van der Waals surface area contributed by atoms with Gasteiger partial charge in [0.15, 0.2) is 0 Å². The van der Waals surface area contributed by atoms with Crippen molar-refractivity contribution in [1.82, 2.24) is 34.9 Å². The molecule has 3 aliphatic heterocycles. The first kappa shape index (κ1) is 43.3. The second-order valence-electron chi connectivity index (χ2n) is 18.1. The molecule has 324 valence electrons. The number of aromatic nitrogens is 2. The van der Waals surface area contributed by atoms with Crippen molar-refractivity contribution in [2.24, 2.45) is 17.8 Å². The lowest BCUT2D eigenvalue weighted by Crippen LogP contribution is -2.55. The molecule has 3 aliphatic rings. The number of rotatable bonds is 14. The molecule has 0 aliphatic carbocycles. The Labute approximate surface area is 352 Å². The third-order valence-corrected chi connectivity index (χ3v) is 13.6. The van der Waals surface area contributed by atoms with Crippen LogP contribution < -0.4 is 16.0 Å². The molecule has 0 bridgehead atoms. The second-order valence-corrected chi connectivity index (χ2v) is 18.1. The van der Waals surface area contributed by atoms with Crippen LogP contribution in [-0.4, -0.2) is 92.9 Å². The van der Waals surface area contributed by atoms with Crippen LogP contribution in [-0.2, 0) is 45.1 Å². The molecule has 7 rings (SSSR count). The van der Waals surface area contributed by atoms with E-state index in [-0.39, 0.29) is 65.1 Å². The zero-order valence-electron chi connectivity index (χ0n) is 36.5. The van der Waals surface area contributed by atoms with E-state index in [0.717, 1.165) is 70.0 Å². The number of likely N-dealkylation sites (N-methyl/N-ethyl adjacent to an activating group) is 1. The number of benzene rings is 2. The van der Waals surface area contributed by atoms with Gasteiger partial charge in [-0.1, -0.05) is 41.5 Å². The topological polar surface area (TPSA) is 121 Å². The number of nitrogens with one attached hydrogen (secondary N) is 3. The van der Waals surface area contributed by atoms with Crippen LogP contribution in [0.15, 0.2) is 36.4 Å². The molecule has 0 unspecified atom stereocenters. The van der Waals surface area contributed by atoms with Gasteiger partial charge in [0.2, 0.25) is 23.6 Å². The number of carbonyl (C=O) groups is 4. The number of amides is 4. The molecule has 2 fully saturated rings. The number of hydrogen-bond donors (Lipinski definition) is 3. The Morgan fingerprint density at radius 1 is 0.667 bits per heavy atom. The SMILES string of the molecule is CC[C@@H](C)C(=O)N[C@H](C(=O)N1CCC[C@H]1Cc1c2n(c3cc(F)ccc13)CCn1c-2c(C[C@@H]2CCCN2C(=O)[C@@H](NC(=O)[C@H](C)NC)C(C)C)c2ccc(F)cc21)C(C)C. The van der Waals surface area contributed by atoms with E-state index in [1.165, 1.54) is 12.1 Å². The van der Waals surface area contributed by atoms with Crippen LogP contribution in [0.25, 0.3) is 33.2 Å². The van der Waals surface area contributed by atoms with Crippen LogP contribution in [0.4, 0.5) is 8.78 Å². The second kappa shape index (κ2) is 17.7. The first-order valence-electron chi connectivity index (χ1n) is 22.2. The molecule has 4 aromatic rings.